The average molecular weight is 250 g/mol. The first-order valence-corrected chi connectivity index (χ1v) is 5.91. The second-order valence-corrected chi connectivity index (χ2v) is 4.36. The molecule has 5 nitrogen and oxygen atoms in total. The summed E-state index contributed by atoms with van der Waals surface area (Å²) in [5.41, 5.74) is 8.02. The first kappa shape index (κ1) is 12.7. The molecule has 1 aromatic carbocycles. The van der Waals surface area contributed by atoms with Crippen LogP contribution in [0.4, 0.5) is 11.4 Å². The van der Waals surface area contributed by atoms with Gasteiger partial charge < -0.3 is 20.1 Å². The van der Waals surface area contributed by atoms with Crippen molar-refractivity contribution in [3.63, 3.8) is 0 Å². The molecule has 0 saturated carbocycles. The molecule has 1 atom stereocenters. The van der Waals surface area contributed by atoms with E-state index < -0.39 is 0 Å². The van der Waals surface area contributed by atoms with Crippen molar-refractivity contribution in [2.45, 2.75) is 12.5 Å². The molecule has 1 heterocycles. The normalized spacial score (nSPS) is 19.0. The van der Waals surface area contributed by atoms with Crippen molar-refractivity contribution in [1.82, 2.24) is 0 Å². The molecule has 1 aliphatic rings. The summed E-state index contributed by atoms with van der Waals surface area (Å²) in [5.74, 6) is -0.348. The fourth-order valence-electron chi connectivity index (χ4n) is 2.20. The summed E-state index contributed by atoms with van der Waals surface area (Å²) < 4.78 is 10.0. The maximum absolute atomic E-state index is 11.5. The maximum atomic E-state index is 11.5. The first-order chi connectivity index (χ1) is 8.65. The lowest BCUT2D eigenvalue weighted by molar-refractivity contribution is 0.0601. The zero-order chi connectivity index (χ0) is 13.1. The van der Waals surface area contributed by atoms with Crippen LogP contribution in [0.25, 0.3) is 0 Å². The molecule has 1 unspecified atom stereocenters. The number of hydrogen-bond acceptors (Lipinski definition) is 5. The SMILES string of the molecule is COC(=O)c1ccc(N)c(N2CCC(OC)C2)c1. The number of ether oxygens (including phenoxy) is 2. The summed E-state index contributed by atoms with van der Waals surface area (Å²) in [6, 6.07) is 5.19. The van der Waals surface area contributed by atoms with E-state index >= 15 is 0 Å². The predicted molar refractivity (Wildman–Crippen MR) is 69.8 cm³/mol. The molecule has 98 valence electrons. The summed E-state index contributed by atoms with van der Waals surface area (Å²) >= 11 is 0. The summed E-state index contributed by atoms with van der Waals surface area (Å²) in [5, 5.41) is 0. The fraction of sp³-hybridized carbons (Fsp3) is 0.462. The summed E-state index contributed by atoms with van der Waals surface area (Å²) in [6.07, 6.45) is 1.20. The Bertz CT molecular complexity index is 448. The van der Waals surface area contributed by atoms with Crippen LogP contribution in [0.5, 0.6) is 0 Å². The van der Waals surface area contributed by atoms with Gasteiger partial charge in [-0.15, -0.1) is 0 Å². The lowest BCUT2D eigenvalue weighted by Crippen LogP contribution is -2.23. The highest BCUT2D eigenvalue weighted by molar-refractivity contribution is 5.92. The van der Waals surface area contributed by atoms with Crippen LogP contribution < -0.4 is 10.6 Å². The molecular formula is C13H18N2O3. The Hall–Kier alpha value is -1.75. The number of rotatable bonds is 3. The standard InChI is InChI=1S/C13H18N2O3/c1-17-10-5-6-15(8-10)12-7-9(13(16)18-2)3-4-11(12)14/h3-4,7,10H,5-6,8,14H2,1-2H3. The van der Waals surface area contributed by atoms with Gasteiger partial charge >= 0.3 is 5.97 Å². The summed E-state index contributed by atoms with van der Waals surface area (Å²) in [7, 11) is 3.08. The molecule has 2 N–H and O–H groups in total. The van der Waals surface area contributed by atoms with Crippen LogP contribution in [0.3, 0.4) is 0 Å². The molecule has 5 heteroatoms. The second kappa shape index (κ2) is 5.27. The van der Waals surface area contributed by atoms with Crippen molar-refractivity contribution in [3.8, 4) is 0 Å². The zero-order valence-corrected chi connectivity index (χ0v) is 10.7. The van der Waals surface area contributed by atoms with Gasteiger partial charge in [-0.05, 0) is 24.6 Å². The van der Waals surface area contributed by atoms with E-state index in [1.165, 1.54) is 7.11 Å². The molecule has 0 aliphatic carbocycles. The van der Waals surface area contributed by atoms with Crippen molar-refractivity contribution in [2.75, 3.05) is 37.9 Å². The third kappa shape index (κ3) is 2.41. The number of nitrogen functional groups attached to an aromatic ring is 1. The Morgan fingerprint density at radius 1 is 1.44 bits per heavy atom. The number of carbonyl (C=O) groups is 1. The number of hydrogen-bond donors (Lipinski definition) is 1. The molecule has 2 rings (SSSR count). The van der Waals surface area contributed by atoms with Gasteiger partial charge in [0.2, 0.25) is 0 Å². The number of methoxy groups -OCH3 is 2. The topological polar surface area (TPSA) is 64.8 Å². The molecule has 1 saturated heterocycles. The van der Waals surface area contributed by atoms with E-state index in [0.29, 0.717) is 11.3 Å². The van der Waals surface area contributed by atoms with Gasteiger partial charge in [-0.3, -0.25) is 0 Å². The van der Waals surface area contributed by atoms with E-state index in [2.05, 4.69) is 4.90 Å². The highest BCUT2D eigenvalue weighted by Crippen LogP contribution is 2.28. The fourth-order valence-corrected chi connectivity index (χ4v) is 2.20. The Morgan fingerprint density at radius 2 is 2.22 bits per heavy atom. The zero-order valence-electron chi connectivity index (χ0n) is 10.7. The quantitative estimate of drug-likeness (QED) is 0.646. The molecule has 0 bridgehead atoms. The Labute approximate surface area is 106 Å². The molecule has 0 amide bonds. The molecule has 0 aromatic heterocycles. The number of esters is 1. The largest absolute Gasteiger partial charge is 0.465 e. The molecule has 18 heavy (non-hydrogen) atoms. The van der Waals surface area contributed by atoms with Gasteiger partial charge in [-0.25, -0.2) is 4.79 Å². The third-order valence-electron chi connectivity index (χ3n) is 3.27. The lowest BCUT2D eigenvalue weighted by atomic mass is 10.1. The van der Waals surface area contributed by atoms with Crippen molar-refractivity contribution in [3.05, 3.63) is 23.8 Å². The van der Waals surface area contributed by atoms with Gasteiger partial charge in [0.15, 0.2) is 0 Å². The van der Waals surface area contributed by atoms with Crippen LogP contribution >= 0.6 is 0 Å². The number of benzene rings is 1. The molecule has 1 fully saturated rings. The monoisotopic (exact) mass is 250 g/mol. The van der Waals surface area contributed by atoms with Crippen molar-refractivity contribution < 1.29 is 14.3 Å². The first-order valence-electron chi connectivity index (χ1n) is 5.91. The highest BCUT2D eigenvalue weighted by Gasteiger charge is 2.24. The van der Waals surface area contributed by atoms with Gasteiger partial charge in [0.05, 0.1) is 30.2 Å². The molecule has 1 aromatic rings. The maximum Gasteiger partial charge on any atom is 0.337 e. The minimum atomic E-state index is -0.348. The Kier molecular flexibility index (Phi) is 3.72. The summed E-state index contributed by atoms with van der Waals surface area (Å²) in [4.78, 5) is 13.6. The minimum absolute atomic E-state index is 0.228. The van der Waals surface area contributed by atoms with Crippen LogP contribution in [0.15, 0.2) is 18.2 Å². The summed E-state index contributed by atoms with van der Waals surface area (Å²) in [6.45, 7) is 1.68. The predicted octanol–water partition coefficient (Wildman–Crippen LogP) is 1.28. The van der Waals surface area contributed by atoms with E-state index in [-0.39, 0.29) is 12.1 Å². The Morgan fingerprint density at radius 3 is 2.83 bits per heavy atom. The van der Waals surface area contributed by atoms with E-state index in [1.54, 1.807) is 25.3 Å². The van der Waals surface area contributed by atoms with Crippen LogP contribution in [0.1, 0.15) is 16.8 Å². The van der Waals surface area contributed by atoms with Gasteiger partial charge in [-0.1, -0.05) is 0 Å². The van der Waals surface area contributed by atoms with E-state index in [1.807, 2.05) is 0 Å². The molecule has 1 aliphatic heterocycles. The molecule has 0 radical (unpaired) electrons. The van der Waals surface area contributed by atoms with Gasteiger partial charge in [0, 0.05) is 20.2 Å². The van der Waals surface area contributed by atoms with E-state index in [9.17, 15) is 4.79 Å². The molecular weight excluding hydrogens is 232 g/mol. The van der Waals surface area contributed by atoms with Crippen LogP contribution in [0.2, 0.25) is 0 Å². The minimum Gasteiger partial charge on any atom is -0.465 e. The average Bonchev–Trinajstić information content (AvgIpc) is 2.87. The lowest BCUT2D eigenvalue weighted by Gasteiger charge is -2.20. The second-order valence-electron chi connectivity index (χ2n) is 4.36. The van der Waals surface area contributed by atoms with E-state index in [4.69, 9.17) is 15.2 Å². The van der Waals surface area contributed by atoms with Crippen LogP contribution in [0, 0.1) is 0 Å². The number of anilines is 2. The Balaban J connectivity index is 2.24. The number of carbonyl (C=O) groups excluding carboxylic acids is 1. The van der Waals surface area contributed by atoms with Gasteiger partial charge in [-0.2, -0.15) is 0 Å². The van der Waals surface area contributed by atoms with Crippen molar-refractivity contribution in [2.24, 2.45) is 0 Å². The third-order valence-corrected chi connectivity index (χ3v) is 3.27. The number of nitrogens with zero attached hydrogens (tertiary/aromatic N) is 1. The van der Waals surface area contributed by atoms with Crippen LogP contribution in [-0.4, -0.2) is 39.4 Å². The van der Waals surface area contributed by atoms with Crippen molar-refractivity contribution in [1.29, 1.82) is 0 Å². The van der Waals surface area contributed by atoms with Crippen LogP contribution in [-0.2, 0) is 9.47 Å². The number of nitrogens with two attached hydrogens (primary N) is 1. The van der Waals surface area contributed by atoms with E-state index in [0.717, 1.165) is 25.2 Å². The van der Waals surface area contributed by atoms with Gasteiger partial charge in [0.1, 0.15) is 0 Å². The molecule has 0 spiro atoms. The van der Waals surface area contributed by atoms with Gasteiger partial charge in [0.25, 0.3) is 0 Å². The smallest absolute Gasteiger partial charge is 0.337 e. The highest BCUT2D eigenvalue weighted by atomic mass is 16.5. The van der Waals surface area contributed by atoms with Crippen molar-refractivity contribution >= 4 is 17.3 Å².